The molecule has 2 rings (SSSR count). The average Bonchev–Trinajstić information content (AvgIpc) is 2.96. The molecule has 0 radical (unpaired) electrons. The van der Waals surface area contributed by atoms with Gasteiger partial charge < -0.3 is 15.0 Å². The van der Waals surface area contributed by atoms with Crippen LogP contribution in [0.1, 0.15) is 26.6 Å². The highest BCUT2D eigenvalue weighted by Crippen LogP contribution is 2.23. The molecular weight excluding hydrogens is 250 g/mol. The van der Waals surface area contributed by atoms with Crippen LogP contribution < -0.4 is 5.73 Å². The van der Waals surface area contributed by atoms with E-state index in [0.717, 1.165) is 5.56 Å². The molecule has 1 unspecified atom stereocenters. The summed E-state index contributed by atoms with van der Waals surface area (Å²) in [6, 6.07) is 1.93. The van der Waals surface area contributed by atoms with Crippen molar-refractivity contribution in [3.05, 3.63) is 22.7 Å². The first-order valence-electron chi connectivity index (χ1n) is 5.76. The maximum atomic E-state index is 6.15. The van der Waals surface area contributed by atoms with Crippen molar-refractivity contribution in [1.82, 2.24) is 10.1 Å². The van der Waals surface area contributed by atoms with Crippen LogP contribution in [0, 0.1) is 0 Å². The molecule has 0 spiro atoms. The van der Waals surface area contributed by atoms with Gasteiger partial charge >= 0.3 is 0 Å². The van der Waals surface area contributed by atoms with Crippen molar-refractivity contribution in [2.45, 2.75) is 32.4 Å². The van der Waals surface area contributed by atoms with Crippen LogP contribution in [0.5, 0.6) is 0 Å². The summed E-state index contributed by atoms with van der Waals surface area (Å²) in [6.07, 6.45) is 0.121. The summed E-state index contributed by atoms with van der Waals surface area (Å²) in [7, 11) is 0. The predicted molar refractivity (Wildman–Crippen MR) is 70.2 cm³/mol. The Hall–Kier alpha value is -1.24. The van der Waals surface area contributed by atoms with E-state index in [1.165, 1.54) is 0 Å². The van der Waals surface area contributed by atoms with Crippen LogP contribution in [-0.2, 0) is 10.3 Å². The number of hydrogen-bond donors (Lipinski definition) is 1. The number of rotatable bonds is 5. The maximum absolute atomic E-state index is 6.15. The molecule has 2 aromatic rings. The molecule has 0 saturated heterocycles. The molecule has 0 aliphatic rings. The SMILES string of the molecule is CC(C)OCC(C)(N)c1noc(-c2ccsc2)n1. The standard InChI is InChI=1S/C12H17N3O2S/c1-8(2)16-7-12(3,13)11-14-10(17-15-11)9-4-5-18-6-9/h4-6,8H,7,13H2,1-3H3. The fourth-order valence-electron chi connectivity index (χ4n) is 1.36. The quantitative estimate of drug-likeness (QED) is 0.900. The highest BCUT2D eigenvalue weighted by Gasteiger charge is 2.28. The Bertz CT molecular complexity index is 491. The van der Waals surface area contributed by atoms with E-state index in [0.29, 0.717) is 18.3 Å². The molecule has 0 amide bonds. The highest BCUT2D eigenvalue weighted by molar-refractivity contribution is 7.08. The fourth-order valence-corrected chi connectivity index (χ4v) is 1.99. The summed E-state index contributed by atoms with van der Waals surface area (Å²) in [6.45, 7) is 6.11. The molecule has 5 nitrogen and oxygen atoms in total. The minimum Gasteiger partial charge on any atom is -0.376 e. The second-order valence-corrected chi connectivity index (χ2v) is 5.49. The Morgan fingerprint density at radius 1 is 1.56 bits per heavy atom. The van der Waals surface area contributed by atoms with E-state index in [4.69, 9.17) is 15.0 Å². The van der Waals surface area contributed by atoms with Gasteiger partial charge in [-0.05, 0) is 32.2 Å². The van der Waals surface area contributed by atoms with E-state index in [-0.39, 0.29) is 6.10 Å². The largest absolute Gasteiger partial charge is 0.376 e. The van der Waals surface area contributed by atoms with Crippen LogP contribution in [0.25, 0.3) is 11.5 Å². The lowest BCUT2D eigenvalue weighted by atomic mass is 10.1. The normalized spacial score (nSPS) is 14.9. The van der Waals surface area contributed by atoms with Gasteiger partial charge in [0.05, 0.1) is 18.3 Å². The zero-order valence-electron chi connectivity index (χ0n) is 10.7. The van der Waals surface area contributed by atoms with Crippen LogP contribution in [0.15, 0.2) is 21.3 Å². The number of hydrogen-bond acceptors (Lipinski definition) is 6. The van der Waals surface area contributed by atoms with Gasteiger partial charge in [-0.15, -0.1) is 0 Å². The van der Waals surface area contributed by atoms with Gasteiger partial charge in [0.2, 0.25) is 0 Å². The zero-order chi connectivity index (χ0) is 13.2. The lowest BCUT2D eigenvalue weighted by Crippen LogP contribution is -2.40. The zero-order valence-corrected chi connectivity index (χ0v) is 11.5. The molecule has 0 aromatic carbocycles. The molecule has 2 N–H and O–H groups in total. The second-order valence-electron chi connectivity index (χ2n) is 4.71. The molecule has 6 heteroatoms. The number of nitrogens with zero attached hydrogens (tertiary/aromatic N) is 2. The molecule has 2 heterocycles. The third-order valence-corrected chi connectivity index (χ3v) is 3.10. The third kappa shape index (κ3) is 2.95. The van der Waals surface area contributed by atoms with Gasteiger partial charge in [0, 0.05) is 5.38 Å². The van der Waals surface area contributed by atoms with Crippen molar-refractivity contribution in [3.8, 4) is 11.5 Å². The van der Waals surface area contributed by atoms with Crippen LogP contribution in [-0.4, -0.2) is 22.9 Å². The third-order valence-electron chi connectivity index (χ3n) is 2.42. The fraction of sp³-hybridized carbons (Fsp3) is 0.500. The van der Waals surface area contributed by atoms with E-state index in [9.17, 15) is 0 Å². The average molecular weight is 267 g/mol. The summed E-state index contributed by atoms with van der Waals surface area (Å²) in [5.41, 5.74) is 6.31. The van der Waals surface area contributed by atoms with Crippen molar-refractivity contribution in [3.63, 3.8) is 0 Å². The Morgan fingerprint density at radius 2 is 2.33 bits per heavy atom. The maximum Gasteiger partial charge on any atom is 0.258 e. The molecule has 0 aliphatic heterocycles. The first-order chi connectivity index (χ1) is 8.49. The van der Waals surface area contributed by atoms with Gasteiger partial charge in [0.15, 0.2) is 5.82 Å². The summed E-state index contributed by atoms with van der Waals surface area (Å²) in [4.78, 5) is 4.33. The Kier molecular flexibility index (Phi) is 3.79. The topological polar surface area (TPSA) is 74.2 Å². The van der Waals surface area contributed by atoms with Gasteiger partial charge in [0.25, 0.3) is 5.89 Å². The van der Waals surface area contributed by atoms with E-state index in [1.807, 2.05) is 37.6 Å². The van der Waals surface area contributed by atoms with Crippen LogP contribution in [0.4, 0.5) is 0 Å². The monoisotopic (exact) mass is 267 g/mol. The first kappa shape index (κ1) is 13.2. The van der Waals surface area contributed by atoms with Crippen molar-refractivity contribution >= 4 is 11.3 Å². The number of ether oxygens (including phenoxy) is 1. The summed E-state index contributed by atoms with van der Waals surface area (Å²) in [5.74, 6) is 0.955. The van der Waals surface area contributed by atoms with Crippen LogP contribution in [0.2, 0.25) is 0 Å². The van der Waals surface area contributed by atoms with E-state index < -0.39 is 5.54 Å². The van der Waals surface area contributed by atoms with Crippen molar-refractivity contribution in [1.29, 1.82) is 0 Å². The predicted octanol–water partition coefficient (Wildman–Crippen LogP) is 2.40. The molecule has 0 aliphatic carbocycles. The van der Waals surface area contributed by atoms with Gasteiger partial charge in [-0.3, -0.25) is 0 Å². The molecule has 0 saturated carbocycles. The summed E-state index contributed by atoms with van der Waals surface area (Å²) in [5, 5.41) is 7.85. The van der Waals surface area contributed by atoms with Crippen molar-refractivity contribution in [2.24, 2.45) is 5.73 Å². The van der Waals surface area contributed by atoms with Gasteiger partial charge in [-0.1, -0.05) is 5.16 Å². The van der Waals surface area contributed by atoms with Crippen molar-refractivity contribution < 1.29 is 9.26 Å². The minimum atomic E-state index is -0.748. The lowest BCUT2D eigenvalue weighted by Gasteiger charge is -2.21. The molecule has 98 valence electrons. The Labute approximate surface area is 110 Å². The molecule has 18 heavy (non-hydrogen) atoms. The summed E-state index contributed by atoms with van der Waals surface area (Å²) >= 11 is 1.58. The molecule has 0 fully saturated rings. The van der Waals surface area contributed by atoms with Gasteiger partial charge in [0.1, 0.15) is 5.54 Å². The lowest BCUT2D eigenvalue weighted by molar-refractivity contribution is 0.0410. The number of aromatic nitrogens is 2. The Morgan fingerprint density at radius 3 is 2.94 bits per heavy atom. The molecule has 0 bridgehead atoms. The second kappa shape index (κ2) is 5.17. The molecule has 1 atom stereocenters. The van der Waals surface area contributed by atoms with Crippen molar-refractivity contribution in [2.75, 3.05) is 6.61 Å². The van der Waals surface area contributed by atoms with Crippen LogP contribution >= 0.6 is 11.3 Å². The minimum absolute atomic E-state index is 0.121. The highest BCUT2D eigenvalue weighted by atomic mass is 32.1. The van der Waals surface area contributed by atoms with E-state index >= 15 is 0 Å². The van der Waals surface area contributed by atoms with Gasteiger partial charge in [-0.25, -0.2) is 0 Å². The molecule has 2 aromatic heterocycles. The smallest absolute Gasteiger partial charge is 0.258 e. The molecular formula is C12H17N3O2S. The number of nitrogens with two attached hydrogens (primary N) is 1. The first-order valence-corrected chi connectivity index (χ1v) is 6.70. The van der Waals surface area contributed by atoms with E-state index in [2.05, 4.69) is 10.1 Å². The van der Waals surface area contributed by atoms with Gasteiger partial charge in [-0.2, -0.15) is 16.3 Å². The van der Waals surface area contributed by atoms with E-state index in [1.54, 1.807) is 11.3 Å². The summed E-state index contributed by atoms with van der Waals surface area (Å²) < 4.78 is 10.7. The Balaban J connectivity index is 2.14. The van der Waals surface area contributed by atoms with Crippen LogP contribution in [0.3, 0.4) is 0 Å². The number of thiophene rings is 1.